The first kappa shape index (κ1) is 12.3. The third-order valence-corrected chi connectivity index (χ3v) is 3.74. The van der Waals surface area contributed by atoms with Crippen LogP contribution in [0.4, 0.5) is 0 Å². The van der Waals surface area contributed by atoms with E-state index in [1.807, 2.05) is 13.1 Å². The average Bonchev–Trinajstić information content (AvgIpc) is 2.73. The zero-order valence-electron chi connectivity index (χ0n) is 10.5. The van der Waals surface area contributed by atoms with Crippen molar-refractivity contribution in [2.45, 2.75) is 33.4 Å². The molecule has 1 aromatic heterocycles. The van der Waals surface area contributed by atoms with Crippen molar-refractivity contribution in [1.82, 2.24) is 10.3 Å². The third kappa shape index (κ3) is 3.38. The van der Waals surface area contributed by atoms with Crippen LogP contribution in [-0.4, -0.2) is 4.98 Å². The quantitative estimate of drug-likeness (QED) is 0.891. The van der Waals surface area contributed by atoms with Crippen LogP contribution in [0.15, 0.2) is 30.5 Å². The first-order chi connectivity index (χ1) is 8.15. The number of benzene rings is 1. The normalized spacial score (nSPS) is 12.6. The smallest absolute Gasteiger partial charge is 0.0897 e. The molecule has 0 aliphatic rings. The predicted molar refractivity (Wildman–Crippen MR) is 73.3 cm³/mol. The molecule has 90 valence electrons. The first-order valence-corrected chi connectivity index (χ1v) is 6.68. The van der Waals surface area contributed by atoms with Gasteiger partial charge in [-0.2, -0.15) is 0 Å². The molecule has 1 aromatic carbocycles. The molecular formula is C14H18N2S. The molecule has 0 saturated heterocycles. The maximum atomic E-state index is 4.26. The zero-order chi connectivity index (χ0) is 12.3. The van der Waals surface area contributed by atoms with Gasteiger partial charge in [-0.05, 0) is 26.3 Å². The van der Waals surface area contributed by atoms with Crippen LogP contribution in [0.25, 0.3) is 0 Å². The fourth-order valence-electron chi connectivity index (χ4n) is 1.71. The largest absolute Gasteiger partial charge is 0.305 e. The molecule has 0 amide bonds. The van der Waals surface area contributed by atoms with Gasteiger partial charge in [0.15, 0.2) is 0 Å². The topological polar surface area (TPSA) is 24.9 Å². The molecule has 2 aromatic rings. The number of hydrogen-bond acceptors (Lipinski definition) is 3. The minimum absolute atomic E-state index is 0.373. The Hall–Kier alpha value is -1.19. The average molecular weight is 246 g/mol. The number of nitrogens with zero attached hydrogens (tertiary/aromatic N) is 1. The van der Waals surface area contributed by atoms with Crippen molar-refractivity contribution in [3.05, 3.63) is 51.5 Å². The number of rotatable bonds is 4. The minimum atomic E-state index is 0.373. The lowest BCUT2D eigenvalue weighted by Crippen LogP contribution is -2.17. The van der Waals surface area contributed by atoms with Gasteiger partial charge in [0.1, 0.15) is 0 Å². The Morgan fingerprint density at radius 1 is 1.24 bits per heavy atom. The van der Waals surface area contributed by atoms with Crippen molar-refractivity contribution >= 4 is 11.3 Å². The zero-order valence-corrected chi connectivity index (χ0v) is 11.3. The molecule has 2 nitrogen and oxygen atoms in total. The molecule has 1 unspecified atom stereocenters. The van der Waals surface area contributed by atoms with E-state index in [0.29, 0.717) is 6.04 Å². The lowest BCUT2D eigenvalue weighted by Gasteiger charge is -2.13. The predicted octanol–water partition coefficient (Wildman–Crippen LogP) is 3.61. The van der Waals surface area contributed by atoms with Crippen LogP contribution >= 0.6 is 11.3 Å². The highest BCUT2D eigenvalue weighted by Gasteiger charge is 2.05. The molecule has 0 fully saturated rings. The molecule has 0 aliphatic heterocycles. The van der Waals surface area contributed by atoms with Gasteiger partial charge in [0.05, 0.1) is 5.01 Å². The van der Waals surface area contributed by atoms with Crippen molar-refractivity contribution in [3.8, 4) is 0 Å². The second kappa shape index (κ2) is 5.43. The molecule has 1 heterocycles. The van der Waals surface area contributed by atoms with Gasteiger partial charge in [-0.3, -0.25) is 0 Å². The first-order valence-electron chi connectivity index (χ1n) is 5.86. The van der Waals surface area contributed by atoms with E-state index in [1.165, 1.54) is 16.0 Å². The monoisotopic (exact) mass is 246 g/mol. The van der Waals surface area contributed by atoms with E-state index < -0.39 is 0 Å². The molecule has 1 atom stereocenters. The number of nitrogens with one attached hydrogen (secondary N) is 1. The third-order valence-electron chi connectivity index (χ3n) is 2.83. The van der Waals surface area contributed by atoms with E-state index in [4.69, 9.17) is 0 Å². The minimum Gasteiger partial charge on any atom is -0.305 e. The molecule has 17 heavy (non-hydrogen) atoms. The van der Waals surface area contributed by atoms with Crippen LogP contribution in [0.2, 0.25) is 0 Å². The maximum Gasteiger partial charge on any atom is 0.0897 e. The lowest BCUT2D eigenvalue weighted by atomic mass is 10.1. The highest BCUT2D eigenvalue weighted by Crippen LogP contribution is 2.16. The molecule has 0 saturated carbocycles. The van der Waals surface area contributed by atoms with Crippen LogP contribution in [0.5, 0.6) is 0 Å². The molecular weight excluding hydrogens is 228 g/mol. The summed E-state index contributed by atoms with van der Waals surface area (Å²) in [6, 6.07) is 9.06. The Balaban J connectivity index is 1.93. The molecule has 0 aliphatic carbocycles. The van der Waals surface area contributed by atoms with Gasteiger partial charge in [-0.25, -0.2) is 4.98 Å². The van der Waals surface area contributed by atoms with Crippen molar-refractivity contribution in [1.29, 1.82) is 0 Å². The fourth-order valence-corrected chi connectivity index (χ4v) is 2.46. The Bertz CT molecular complexity index is 473. The van der Waals surface area contributed by atoms with Gasteiger partial charge in [0.2, 0.25) is 0 Å². The Labute approximate surface area is 107 Å². The van der Waals surface area contributed by atoms with Gasteiger partial charge >= 0.3 is 0 Å². The number of thiazole rings is 1. The summed E-state index contributed by atoms with van der Waals surface area (Å²) in [5, 5.41) is 4.65. The molecule has 0 bridgehead atoms. The van der Waals surface area contributed by atoms with Crippen LogP contribution in [0, 0.1) is 13.8 Å². The van der Waals surface area contributed by atoms with E-state index in [1.54, 1.807) is 11.3 Å². The maximum absolute atomic E-state index is 4.26. The highest BCUT2D eigenvalue weighted by atomic mass is 32.1. The van der Waals surface area contributed by atoms with Crippen LogP contribution in [0.1, 0.15) is 34.0 Å². The Morgan fingerprint density at radius 2 is 1.94 bits per heavy atom. The van der Waals surface area contributed by atoms with Gasteiger partial charge in [0.25, 0.3) is 0 Å². The van der Waals surface area contributed by atoms with Crippen LogP contribution < -0.4 is 5.32 Å². The second-order valence-electron chi connectivity index (χ2n) is 4.36. The molecule has 3 heteroatoms. The SMILES string of the molecule is Cc1ccc(C(C)NCc2cnc(C)s2)cc1. The summed E-state index contributed by atoms with van der Waals surface area (Å²) in [7, 11) is 0. The van der Waals surface area contributed by atoms with Gasteiger partial charge < -0.3 is 5.32 Å². The van der Waals surface area contributed by atoms with E-state index in [0.717, 1.165) is 11.6 Å². The van der Waals surface area contributed by atoms with Crippen molar-refractivity contribution in [3.63, 3.8) is 0 Å². The number of hydrogen-bond donors (Lipinski definition) is 1. The van der Waals surface area contributed by atoms with Crippen molar-refractivity contribution in [2.75, 3.05) is 0 Å². The number of aromatic nitrogens is 1. The summed E-state index contributed by atoms with van der Waals surface area (Å²) in [5.74, 6) is 0. The molecule has 1 N–H and O–H groups in total. The van der Waals surface area contributed by atoms with E-state index in [9.17, 15) is 0 Å². The molecule has 0 radical (unpaired) electrons. The van der Waals surface area contributed by atoms with Crippen LogP contribution in [0.3, 0.4) is 0 Å². The van der Waals surface area contributed by atoms with E-state index in [-0.39, 0.29) is 0 Å². The van der Waals surface area contributed by atoms with Gasteiger partial charge in [0, 0.05) is 23.7 Å². The summed E-state index contributed by atoms with van der Waals surface area (Å²) in [6.45, 7) is 7.23. The summed E-state index contributed by atoms with van der Waals surface area (Å²) in [4.78, 5) is 5.55. The highest BCUT2D eigenvalue weighted by molar-refractivity contribution is 7.11. The number of aryl methyl sites for hydroxylation is 2. The Morgan fingerprint density at radius 3 is 2.53 bits per heavy atom. The van der Waals surface area contributed by atoms with E-state index >= 15 is 0 Å². The Kier molecular flexibility index (Phi) is 3.92. The molecule has 0 spiro atoms. The lowest BCUT2D eigenvalue weighted by molar-refractivity contribution is 0.578. The van der Waals surface area contributed by atoms with Gasteiger partial charge in [-0.1, -0.05) is 29.8 Å². The fraction of sp³-hybridized carbons (Fsp3) is 0.357. The molecule has 2 rings (SSSR count). The van der Waals surface area contributed by atoms with Crippen LogP contribution in [-0.2, 0) is 6.54 Å². The van der Waals surface area contributed by atoms with Crippen molar-refractivity contribution < 1.29 is 0 Å². The van der Waals surface area contributed by atoms with Gasteiger partial charge in [-0.15, -0.1) is 11.3 Å². The second-order valence-corrected chi connectivity index (χ2v) is 5.68. The summed E-state index contributed by atoms with van der Waals surface area (Å²) < 4.78 is 0. The standard InChI is InChI=1S/C14H18N2S/c1-10-4-6-13(7-5-10)11(2)15-8-14-9-16-12(3)17-14/h4-7,9,11,15H,8H2,1-3H3. The van der Waals surface area contributed by atoms with E-state index in [2.05, 4.69) is 48.4 Å². The summed E-state index contributed by atoms with van der Waals surface area (Å²) in [6.07, 6.45) is 1.95. The summed E-state index contributed by atoms with van der Waals surface area (Å²) >= 11 is 1.75. The summed E-state index contributed by atoms with van der Waals surface area (Å²) in [5.41, 5.74) is 2.64. The van der Waals surface area contributed by atoms with Crippen molar-refractivity contribution in [2.24, 2.45) is 0 Å².